The molecular formula is C16H24N4O2. The van der Waals surface area contributed by atoms with Crippen molar-refractivity contribution in [1.82, 2.24) is 14.9 Å². The molecule has 1 heterocycles. The van der Waals surface area contributed by atoms with Crippen molar-refractivity contribution in [2.45, 2.75) is 33.9 Å². The summed E-state index contributed by atoms with van der Waals surface area (Å²) in [5.41, 5.74) is 7.64. The second-order valence-corrected chi connectivity index (χ2v) is 5.23. The van der Waals surface area contributed by atoms with Crippen LogP contribution in [0.3, 0.4) is 0 Å². The highest BCUT2D eigenvalue weighted by Gasteiger charge is 2.14. The van der Waals surface area contributed by atoms with Gasteiger partial charge in [-0.2, -0.15) is 0 Å². The Bertz CT molecular complexity index is 651. The highest BCUT2D eigenvalue weighted by atomic mass is 16.5. The Morgan fingerprint density at radius 3 is 2.86 bits per heavy atom. The topological polar surface area (TPSA) is 82.2 Å². The van der Waals surface area contributed by atoms with Gasteiger partial charge >= 0.3 is 0 Å². The van der Waals surface area contributed by atoms with Crippen LogP contribution in [-0.4, -0.2) is 28.6 Å². The van der Waals surface area contributed by atoms with E-state index in [0.29, 0.717) is 19.7 Å². The lowest BCUT2D eigenvalue weighted by molar-refractivity contribution is -0.125. The van der Waals surface area contributed by atoms with Crippen molar-refractivity contribution in [2.75, 3.05) is 13.2 Å². The van der Waals surface area contributed by atoms with Crippen LogP contribution in [0, 0.1) is 5.92 Å². The molecular weight excluding hydrogens is 280 g/mol. The molecule has 0 saturated heterocycles. The molecule has 2 rings (SSSR count). The number of imidazole rings is 1. The van der Waals surface area contributed by atoms with E-state index in [1.807, 2.05) is 32.0 Å². The monoisotopic (exact) mass is 304 g/mol. The molecule has 2 aromatic rings. The van der Waals surface area contributed by atoms with Gasteiger partial charge in [0.25, 0.3) is 0 Å². The molecule has 0 radical (unpaired) electrons. The van der Waals surface area contributed by atoms with E-state index in [1.54, 1.807) is 0 Å². The molecule has 1 amide bonds. The standard InChI is InChI=1S/C16H24N4O2/c1-4-18-16(21)11(3)10-22-12-6-7-13-14(8-12)20(5-2)15(9-17)19-13/h6-8,11H,4-5,9-10,17H2,1-3H3,(H,18,21)/t11-/m0/s1. The first kappa shape index (κ1) is 16.3. The number of nitrogens with one attached hydrogen (secondary N) is 1. The Morgan fingerprint density at radius 1 is 1.45 bits per heavy atom. The fourth-order valence-corrected chi connectivity index (χ4v) is 2.40. The minimum Gasteiger partial charge on any atom is -0.493 e. The normalized spacial score (nSPS) is 12.4. The minimum absolute atomic E-state index is 0.00703. The molecule has 120 valence electrons. The van der Waals surface area contributed by atoms with Gasteiger partial charge < -0.3 is 20.4 Å². The van der Waals surface area contributed by atoms with Gasteiger partial charge in [0, 0.05) is 19.2 Å². The third-order valence-corrected chi connectivity index (χ3v) is 3.60. The van der Waals surface area contributed by atoms with Gasteiger partial charge in [-0.1, -0.05) is 6.92 Å². The van der Waals surface area contributed by atoms with Crippen molar-refractivity contribution >= 4 is 16.9 Å². The van der Waals surface area contributed by atoms with Gasteiger partial charge in [-0.15, -0.1) is 0 Å². The molecule has 22 heavy (non-hydrogen) atoms. The first-order valence-electron chi connectivity index (χ1n) is 7.70. The summed E-state index contributed by atoms with van der Waals surface area (Å²) < 4.78 is 7.83. The number of carbonyl (C=O) groups is 1. The summed E-state index contributed by atoms with van der Waals surface area (Å²) in [5.74, 6) is 1.42. The molecule has 0 bridgehead atoms. The summed E-state index contributed by atoms with van der Waals surface area (Å²) >= 11 is 0. The van der Waals surface area contributed by atoms with Crippen LogP contribution in [-0.2, 0) is 17.9 Å². The van der Waals surface area contributed by atoms with Crippen LogP contribution in [0.1, 0.15) is 26.6 Å². The number of carbonyl (C=O) groups excluding carboxylic acids is 1. The zero-order valence-electron chi connectivity index (χ0n) is 13.4. The Balaban J connectivity index is 2.14. The summed E-state index contributed by atoms with van der Waals surface area (Å²) in [6, 6.07) is 5.75. The number of fused-ring (bicyclic) bond motifs is 1. The minimum atomic E-state index is -0.189. The van der Waals surface area contributed by atoms with Crippen LogP contribution in [0.4, 0.5) is 0 Å². The quantitative estimate of drug-likeness (QED) is 0.815. The van der Waals surface area contributed by atoms with E-state index in [2.05, 4.69) is 21.8 Å². The number of nitrogens with two attached hydrogens (primary N) is 1. The number of rotatable bonds is 7. The van der Waals surface area contributed by atoms with E-state index in [0.717, 1.165) is 29.2 Å². The van der Waals surface area contributed by atoms with Gasteiger partial charge in [-0.25, -0.2) is 4.98 Å². The molecule has 0 spiro atoms. The van der Waals surface area contributed by atoms with Gasteiger partial charge in [0.2, 0.25) is 5.91 Å². The van der Waals surface area contributed by atoms with Gasteiger partial charge in [0.1, 0.15) is 11.6 Å². The molecule has 0 fully saturated rings. The van der Waals surface area contributed by atoms with Crippen LogP contribution in [0.2, 0.25) is 0 Å². The summed E-state index contributed by atoms with van der Waals surface area (Å²) in [6.45, 7) is 8.01. The average molecular weight is 304 g/mol. The molecule has 3 N–H and O–H groups in total. The lowest BCUT2D eigenvalue weighted by Gasteiger charge is -2.13. The Labute approximate surface area is 130 Å². The summed E-state index contributed by atoms with van der Waals surface area (Å²) in [5, 5.41) is 2.79. The lowest BCUT2D eigenvalue weighted by atomic mass is 10.2. The fraction of sp³-hybridized carbons (Fsp3) is 0.500. The molecule has 6 nitrogen and oxygen atoms in total. The molecule has 1 aromatic carbocycles. The van der Waals surface area contributed by atoms with Gasteiger partial charge in [0.15, 0.2) is 0 Å². The van der Waals surface area contributed by atoms with Crippen LogP contribution in [0.25, 0.3) is 11.0 Å². The van der Waals surface area contributed by atoms with Crippen molar-refractivity contribution < 1.29 is 9.53 Å². The van der Waals surface area contributed by atoms with Crippen LogP contribution >= 0.6 is 0 Å². The number of benzene rings is 1. The molecule has 0 saturated carbocycles. The number of hydrogen-bond acceptors (Lipinski definition) is 4. The second-order valence-electron chi connectivity index (χ2n) is 5.23. The third-order valence-electron chi connectivity index (χ3n) is 3.60. The highest BCUT2D eigenvalue weighted by molar-refractivity contribution is 5.79. The Kier molecular flexibility index (Phi) is 5.38. The molecule has 0 unspecified atom stereocenters. The van der Waals surface area contributed by atoms with E-state index in [9.17, 15) is 4.79 Å². The zero-order valence-corrected chi connectivity index (χ0v) is 13.4. The van der Waals surface area contributed by atoms with Crippen LogP contribution < -0.4 is 15.8 Å². The lowest BCUT2D eigenvalue weighted by Crippen LogP contribution is -2.32. The largest absolute Gasteiger partial charge is 0.493 e. The SMILES string of the molecule is CCNC(=O)[C@@H](C)COc1ccc2nc(CN)n(CC)c2c1. The molecule has 0 aliphatic rings. The summed E-state index contributed by atoms with van der Waals surface area (Å²) in [7, 11) is 0. The molecule has 6 heteroatoms. The molecule has 1 atom stereocenters. The fourth-order valence-electron chi connectivity index (χ4n) is 2.40. The van der Waals surface area contributed by atoms with Gasteiger partial charge in [0.05, 0.1) is 30.1 Å². The van der Waals surface area contributed by atoms with E-state index in [1.165, 1.54) is 0 Å². The van der Waals surface area contributed by atoms with E-state index in [4.69, 9.17) is 10.5 Å². The average Bonchev–Trinajstić information content (AvgIpc) is 2.89. The Morgan fingerprint density at radius 2 is 2.23 bits per heavy atom. The van der Waals surface area contributed by atoms with Crippen molar-refractivity contribution in [3.63, 3.8) is 0 Å². The van der Waals surface area contributed by atoms with Crippen molar-refractivity contribution in [3.05, 3.63) is 24.0 Å². The van der Waals surface area contributed by atoms with E-state index < -0.39 is 0 Å². The Hall–Kier alpha value is -2.08. The first-order valence-corrected chi connectivity index (χ1v) is 7.70. The van der Waals surface area contributed by atoms with Crippen molar-refractivity contribution in [3.8, 4) is 5.75 Å². The second kappa shape index (κ2) is 7.26. The van der Waals surface area contributed by atoms with Gasteiger partial charge in [-0.3, -0.25) is 4.79 Å². The number of hydrogen-bond donors (Lipinski definition) is 2. The number of nitrogens with zero attached hydrogens (tertiary/aromatic N) is 2. The third kappa shape index (κ3) is 3.39. The molecule has 1 aromatic heterocycles. The summed E-state index contributed by atoms with van der Waals surface area (Å²) in [6.07, 6.45) is 0. The smallest absolute Gasteiger partial charge is 0.226 e. The van der Waals surface area contributed by atoms with Crippen molar-refractivity contribution in [1.29, 1.82) is 0 Å². The van der Waals surface area contributed by atoms with E-state index in [-0.39, 0.29) is 11.8 Å². The molecule has 0 aliphatic heterocycles. The maximum Gasteiger partial charge on any atom is 0.226 e. The number of ether oxygens (including phenoxy) is 1. The van der Waals surface area contributed by atoms with E-state index >= 15 is 0 Å². The van der Waals surface area contributed by atoms with Crippen LogP contribution in [0.5, 0.6) is 5.75 Å². The first-order chi connectivity index (χ1) is 10.6. The number of aromatic nitrogens is 2. The maximum atomic E-state index is 11.7. The van der Waals surface area contributed by atoms with Crippen molar-refractivity contribution in [2.24, 2.45) is 11.7 Å². The maximum absolute atomic E-state index is 11.7. The molecule has 0 aliphatic carbocycles. The van der Waals surface area contributed by atoms with Gasteiger partial charge in [-0.05, 0) is 26.0 Å². The number of aryl methyl sites for hydroxylation is 1. The summed E-state index contributed by atoms with van der Waals surface area (Å²) in [4.78, 5) is 16.2. The highest BCUT2D eigenvalue weighted by Crippen LogP contribution is 2.22. The predicted molar refractivity (Wildman–Crippen MR) is 86.6 cm³/mol. The predicted octanol–water partition coefficient (Wildman–Crippen LogP) is 1.67. The zero-order chi connectivity index (χ0) is 16.1. The van der Waals surface area contributed by atoms with Crippen LogP contribution in [0.15, 0.2) is 18.2 Å². The number of amides is 1.